The van der Waals surface area contributed by atoms with E-state index in [0.29, 0.717) is 24.3 Å². The molecular weight excluding hydrogens is 310 g/mol. The topological polar surface area (TPSA) is 88.6 Å². The van der Waals surface area contributed by atoms with Gasteiger partial charge in [-0.15, -0.1) is 0 Å². The number of amides is 1. The molecule has 0 aromatic carbocycles. The van der Waals surface area contributed by atoms with Crippen LogP contribution in [0.4, 0.5) is 0 Å². The van der Waals surface area contributed by atoms with Crippen molar-refractivity contribution in [1.29, 1.82) is 0 Å². The first-order chi connectivity index (χ1) is 11.6. The molecule has 2 aliphatic rings. The van der Waals surface area contributed by atoms with Gasteiger partial charge in [-0.1, -0.05) is 0 Å². The molecule has 7 nitrogen and oxygen atoms in total. The number of fused-ring (bicyclic) bond motifs is 2. The van der Waals surface area contributed by atoms with Gasteiger partial charge in [-0.3, -0.25) is 9.48 Å². The lowest BCUT2D eigenvalue weighted by Crippen LogP contribution is -2.43. The fraction of sp³-hybridized carbons (Fsp3) is 0.471. The van der Waals surface area contributed by atoms with Crippen molar-refractivity contribution in [2.24, 2.45) is 0 Å². The summed E-state index contributed by atoms with van der Waals surface area (Å²) in [5, 5.41) is 13.9. The Hall–Kier alpha value is -2.57. The fourth-order valence-electron chi connectivity index (χ4n) is 3.75. The number of furan rings is 1. The van der Waals surface area contributed by atoms with Gasteiger partial charge in [-0.25, -0.2) is 4.79 Å². The highest BCUT2D eigenvalue weighted by Gasteiger charge is 2.37. The summed E-state index contributed by atoms with van der Waals surface area (Å²) in [5.74, 6) is -0.535. The van der Waals surface area contributed by atoms with Crippen molar-refractivity contribution in [2.45, 2.75) is 44.7 Å². The van der Waals surface area contributed by atoms with Crippen LogP contribution in [0.1, 0.15) is 41.5 Å². The van der Waals surface area contributed by atoms with Gasteiger partial charge in [-0.05, 0) is 25.3 Å². The summed E-state index contributed by atoms with van der Waals surface area (Å²) in [6.07, 6.45) is 7.13. The highest BCUT2D eigenvalue weighted by molar-refractivity contribution is 5.86. The van der Waals surface area contributed by atoms with E-state index >= 15 is 0 Å². The standard InChI is InChI=1S/C17H19N3O4/c21-15(9-11-10-18-20-6-2-1-3-13(11)20)19-7-4-14-12(5-8-24-14)16(19)17(22)23/h5,8,10,16H,1-4,6-7,9H2,(H,22,23). The minimum atomic E-state index is -1.03. The van der Waals surface area contributed by atoms with E-state index in [2.05, 4.69) is 5.10 Å². The third-order valence-electron chi connectivity index (χ3n) is 4.93. The fourth-order valence-corrected chi connectivity index (χ4v) is 3.75. The maximum Gasteiger partial charge on any atom is 0.331 e. The van der Waals surface area contributed by atoms with Gasteiger partial charge < -0.3 is 14.4 Å². The summed E-state index contributed by atoms with van der Waals surface area (Å²) in [6.45, 7) is 1.25. The number of nitrogens with zero attached hydrogens (tertiary/aromatic N) is 3. The van der Waals surface area contributed by atoms with Crippen molar-refractivity contribution in [2.75, 3.05) is 6.54 Å². The van der Waals surface area contributed by atoms with Gasteiger partial charge in [0.15, 0.2) is 6.04 Å². The van der Waals surface area contributed by atoms with E-state index in [9.17, 15) is 14.7 Å². The number of aliphatic carboxylic acids is 1. The molecule has 4 rings (SSSR count). The van der Waals surface area contributed by atoms with Crippen LogP contribution in [0.5, 0.6) is 0 Å². The van der Waals surface area contributed by atoms with E-state index in [0.717, 1.165) is 37.1 Å². The molecule has 0 saturated heterocycles. The predicted octanol–water partition coefficient (Wildman–Crippen LogP) is 1.57. The summed E-state index contributed by atoms with van der Waals surface area (Å²) in [5.41, 5.74) is 2.61. The summed E-state index contributed by atoms with van der Waals surface area (Å²) in [6, 6.07) is 0.682. The first kappa shape index (κ1) is 15.0. The first-order valence-corrected chi connectivity index (χ1v) is 8.27. The Bertz CT molecular complexity index is 792. The van der Waals surface area contributed by atoms with Crippen molar-refractivity contribution in [1.82, 2.24) is 14.7 Å². The number of aryl methyl sites for hydroxylation is 1. The van der Waals surface area contributed by atoms with Crippen LogP contribution in [0.25, 0.3) is 0 Å². The van der Waals surface area contributed by atoms with Crippen LogP contribution in [0.3, 0.4) is 0 Å². The van der Waals surface area contributed by atoms with Gasteiger partial charge in [0.1, 0.15) is 5.76 Å². The zero-order valence-electron chi connectivity index (χ0n) is 13.3. The Morgan fingerprint density at radius 3 is 3.00 bits per heavy atom. The Kier molecular flexibility index (Phi) is 3.63. The van der Waals surface area contributed by atoms with Crippen LogP contribution in [-0.4, -0.2) is 38.2 Å². The zero-order chi connectivity index (χ0) is 16.7. The molecule has 0 spiro atoms. The second-order valence-electron chi connectivity index (χ2n) is 6.35. The van der Waals surface area contributed by atoms with E-state index in [1.54, 1.807) is 12.3 Å². The molecule has 2 aliphatic heterocycles. The Balaban J connectivity index is 1.58. The van der Waals surface area contributed by atoms with Crippen LogP contribution in [0, 0.1) is 0 Å². The maximum absolute atomic E-state index is 12.8. The molecule has 0 saturated carbocycles. The molecule has 7 heteroatoms. The second kappa shape index (κ2) is 5.81. The molecule has 2 aromatic rings. The van der Waals surface area contributed by atoms with Crippen LogP contribution < -0.4 is 0 Å². The zero-order valence-corrected chi connectivity index (χ0v) is 13.3. The molecule has 24 heavy (non-hydrogen) atoms. The number of hydrogen-bond donors (Lipinski definition) is 1. The third-order valence-corrected chi connectivity index (χ3v) is 4.93. The van der Waals surface area contributed by atoms with Gasteiger partial charge in [0.05, 0.1) is 18.9 Å². The van der Waals surface area contributed by atoms with E-state index in [1.165, 1.54) is 11.2 Å². The van der Waals surface area contributed by atoms with Gasteiger partial charge in [0, 0.05) is 36.3 Å². The number of aromatic nitrogens is 2. The first-order valence-electron chi connectivity index (χ1n) is 8.27. The predicted molar refractivity (Wildman–Crippen MR) is 83.4 cm³/mol. The van der Waals surface area contributed by atoms with Gasteiger partial charge in [0.2, 0.25) is 5.91 Å². The van der Waals surface area contributed by atoms with Gasteiger partial charge in [0.25, 0.3) is 0 Å². The molecule has 0 fully saturated rings. The van der Waals surface area contributed by atoms with Crippen LogP contribution in [0.15, 0.2) is 22.9 Å². The molecule has 126 valence electrons. The second-order valence-corrected chi connectivity index (χ2v) is 6.35. The minimum absolute atomic E-state index is 0.171. The van der Waals surface area contributed by atoms with Crippen molar-refractivity contribution < 1.29 is 19.1 Å². The van der Waals surface area contributed by atoms with E-state index in [1.807, 2.05) is 4.68 Å². The minimum Gasteiger partial charge on any atom is -0.479 e. The summed E-state index contributed by atoms with van der Waals surface area (Å²) in [4.78, 5) is 26.0. The molecule has 4 heterocycles. The molecule has 1 amide bonds. The van der Waals surface area contributed by atoms with Crippen molar-refractivity contribution in [3.05, 3.63) is 41.1 Å². The SMILES string of the molecule is O=C(O)C1c2ccoc2CCN1C(=O)Cc1cnn2c1CCCC2. The molecule has 1 unspecified atom stereocenters. The summed E-state index contributed by atoms with van der Waals surface area (Å²) >= 11 is 0. The van der Waals surface area contributed by atoms with E-state index < -0.39 is 12.0 Å². The maximum atomic E-state index is 12.8. The molecule has 1 N–H and O–H groups in total. The van der Waals surface area contributed by atoms with Crippen molar-refractivity contribution in [3.8, 4) is 0 Å². The molecule has 1 atom stereocenters. The number of carbonyl (C=O) groups excluding carboxylic acids is 1. The average molecular weight is 329 g/mol. The number of carboxylic acid groups (broad SMARTS) is 1. The number of carbonyl (C=O) groups is 2. The van der Waals surface area contributed by atoms with E-state index in [-0.39, 0.29) is 12.3 Å². The third kappa shape index (κ3) is 2.40. The normalized spacial score (nSPS) is 19.7. The molecule has 2 aromatic heterocycles. The molecule has 0 aliphatic carbocycles. The Labute approximate surface area is 138 Å². The largest absolute Gasteiger partial charge is 0.479 e. The van der Waals surface area contributed by atoms with Gasteiger partial charge in [-0.2, -0.15) is 5.10 Å². The highest BCUT2D eigenvalue weighted by Crippen LogP contribution is 2.31. The molecule has 0 radical (unpaired) electrons. The van der Waals surface area contributed by atoms with Gasteiger partial charge >= 0.3 is 5.97 Å². The van der Waals surface area contributed by atoms with E-state index in [4.69, 9.17) is 4.42 Å². The molecular formula is C17H19N3O4. The number of hydrogen-bond acceptors (Lipinski definition) is 4. The highest BCUT2D eigenvalue weighted by atomic mass is 16.4. The summed E-state index contributed by atoms with van der Waals surface area (Å²) in [7, 11) is 0. The Morgan fingerprint density at radius 1 is 1.29 bits per heavy atom. The van der Waals surface area contributed by atoms with Crippen LogP contribution in [0.2, 0.25) is 0 Å². The number of carboxylic acids is 1. The van der Waals surface area contributed by atoms with Crippen LogP contribution in [-0.2, 0) is 35.4 Å². The average Bonchev–Trinajstić information content (AvgIpc) is 3.20. The quantitative estimate of drug-likeness (QED) is 0.923. The van der Waals surface area contributed by atoms with Crippen LogP contribution >= 0.6 is 0 Å². The van der Waals surface area contributed by atoms with Crippen molar-refractivity contribution >= 4 is 11.9 Å². The monoisotopic (exact) mass is 329 g/mol. The number of rotatable bonds is 3. The lowest BCUT2D eigenvalue weighted by Gasteiger charge is -2.32. The smallest absolute Gasteiger partial charge is 0.331 e. The summed E-state index contributed by atoms with van der Waals surface area (Å²) < 4.78 is 7.29. The Morgan fingerprint density at radius 2 is 2.17 bits per heavy atom. The molecule has 0 bridgehead atoms. The lowest BCUT2D eigenvalue weighted by molar-refractivity contribution is -0.151. The lowest BCUT2D eigenvalue weighted by atomic mass is 9.98. The van der Waals surface area contributed by atoms with Crippen molar-refractivity contribution in [3.63, 3.8) is 0 Å².